The average molecular weight is 379 g/mol. The predicted molar refractivity (Wildman–Crippen MR) is 108 cm³/mol. The van der Waals surface area contributed by atoms with Gasteiger partial charge in [-0.1, -0.05) is 29.8 Å². The standard InChI is InChI=1S/C21H21N3O2S/c1-13-3-5-15(6-4-13)11-24-12-16(9-20(24)25)21(26)23-17-7-8-18-19(10-17)27-14(2)22-18/h3-8,10,16H,9,11-12H2,1-2H3,(H,23,26). The summed E-state index contributed by atoms with van der Waals surface area (Å²) in [4.78, 5) is 31.2. The molecule has 27 heavy (non-hydrogen) atoms. The summed E-state index contributed by atoms with van der Waals surface area (Å²) in [7, 11) is 0. The van der Waals surface area contributed by atoms with Gasteiger partial charge in [0.05, 0.1) is 21.1 Å². The summed E-state index contributed by atoms with van der Waals surface area (Å²) in [6.45, 7) is 5.02. The van der Waals surface area contributed by atoms with Gasteiger partial charge in [0, 0.05) is 25.2 Å². The number of rotatable bonds is 4. The number of hydrogen-bond donors (Lipinski definition) is 1. The van der Waals surface area contributed by atoms with Crippen LogP contribution < -0.4 is 5.32 Å². The topological polar surface area (TPSA) is 62.3 Å². The van der Waals surface area contributed by atoms with E-state index >= 15 is 0 Å². The van der Waals surface area contributed by atoms with Gasteiger partial charge in [-0.05, 0) is 37.6 Å². The number of amides is 2. The first-order valence-corrected chi connectivity index (χ1v) is 9.81. The van der Waals surface area contributed by atoms with Crippen molar-refractivity contribution in [3.63, 3.8) is 0 Å². The molecule has 2 amide bonds. The number of thiazole rings is 1. The van der Waals surface area contributed by atoms with Crippen LogP contribution in [0.15, 0.2) is 42.5 Å². The maximum absolute atomic E-state index is 12.6. The third-order valence-corrected chi connectivity index (χ3v) is 5.78. The molecule has 0 radical (unpaired) electrons. The minimum atomic E-state index is -0.318. The molecule has 138 valence electrons. The Kier molecular flexibility index (Phi) is 4.66. The Bertz CT molecular complexity index is 1010. The quantitative estimate of drug-likeness (QED) is 0.748. The molecule has 1 aliphatic rings. The molecule has 0 spiro atoms. The van der Waals surface area contributed by atoms with E-state index in [1.807, 2.05) is 56.3 Å². The first kappa shape index (κ1) is 17.7. The molecule has 0 bridgehead atoms. The van der Waals surface area contributed by atoms with E-state index in [1.54, 1.807) is 16.2 Å². The SMILES string of the molecule is Cc1ccc(CN2CC(C(=O)Nc3ccc4nc(C)sc4c3)CC2=O)cc1. The van der Waals surface area contributed by atoms with Crippen LogP contribution in [0, 0.1) is 19.8 Å². The van der Waals surface area contributed by atoms with Crippen LogP contribution in [0.4, 0.5) is 5.69 Å². The molecule has 0 saturated carbocycles. The Morgan fingerprint density at radius 1 is 1.22 bits per heavy atom. The zero-order valence-corrected chi connectivity index (χ0v) is 16.2. The molecule has 1 atom stereocenters. The van der Waals surface area contributed by atoms with Crippen molar-refractivity contribution >= 4 is 39.1 Å². The van der Waals surface area contributed by atoms with Crippen LogP contribution in [0.3, 0.4) is 0 Å². The van der Waals surface area contributed by atoms with Crippen LogP contribution in [0.5, 0.6) is 0 Å². The molecule has 5 nitrogen and oxygen atoms in total. The Morgan fingerprint density at radius 3 is 2.78 bits per heavy atom. The van der Waals surface area contributed by atoms with Gasteiger partial charge in [-0.25, -0.2) is 4.98 Å². The van der Waals surface area contributed by atoms with E-state index in [9.17, 15) is 9.59 Å². The van der Waals surface area contributed by atoms with Crippen LogP contribution in [0.2, 0.25) is 0 Å². The monoisotopic (exact) mass is 379 g/mol. The fourth-order valence-electron chi connectivity index (χ4n) is 3.38. The number of carbonyl (C=O) groups excluding carboxylic acids is 2. The Labute approximate surface area is 162 Å². The minimum Gasteiger partial charge on any atom is -0.338 e. The number of aromatic nitrogens is 1. The molecule has 3 aromatic rings. The molecule has 1 N–H and O–H groups in total. The summed E-state index contributed by atoms with van der Waals surface area (Å²) in [5.41, 5.74) is 3.97. The van der Waals surface area contributed by atoms with Gasteiger partial charge in [-0.3, -0.25) is 9.59 Å². The van der Waals surface area contributed by atoms with E-state index in [4.69, 9.17) is 0 Å². The van der Waals surface area contributed by atoms with Crippen molar-refractivity contribution in [3.8, 4) is 0 Å². The number of nitrogens with one attached hydrogen (secondary N) is 1. The molecule has 0 aliphatic carbocycles. The fourth-order valence-corrected chi connectivity index (χ4v) is 4.24. The lowest BCUT2D eigenvalue weighted by Crippen LogP contribution is -2.28. The summed E-state index contributed by atoms with van der Waals surface area (Å²) in [6.07, 6.45) is 0.263. The Balaban J connectivity index is 1.41. The number of carbonyl (C=O) groups is 2. The van der Waals surface area contributed by atoms with Crippen molar-refractivity contribution in [2.24, 2.45) is 5.92 Å². The second-order valence-electron chi connectivity index (χ2n) is 7.07. The highest BCUT2D eigenvalue weighted by Gasteiger charge is 2.34. The second kappa shape index (κ2) is 7.12. The van der Waals surface area contributed by atoms with Crippen LogP contribution >= 0.6 is 11.3 Å². The summed E-state index contributed by atoms with van der Waals surface area (Å²) in [5.74, 6) is -0.388. The van der Waals surface area contributed by atoms with Crippen molar-refractivity contribution in [1.82, 2.24) is 9.88 Å². The number of hydrogen-bond acceptors (Lipinski definition) is 4. The zero-order chi connectivity index (χ0) is 19.0. The molecular weight excluding hydrogens is 358 g/mol. The van der Waals surface area contributed by atoms with Gasteiger partial charge in [-0.2, -0.15) is 0 Å². The summed E-state index contributed by atoms with van der Waals surface area (Å²) in [5, 5.41) is 3.96. The number of benzene rings is 2. The van der Waals surface area contributed by atoms with Gasteiger partial charge in [0.15, 0.2) is 0 Å². The van der Waals surface area contributed by atoms with Crippen LogP contribution in [-0.4, -0.2) is 28.2 Å². The third-order valence-electron chi connectivity index (χ3n) is 4.84. The van der Waals surface area contributed by atoms with Crippen molar-refractivity contribution in [1.29, 1.82) is 0 Å². The normalized spacial score (nSPS) is 16.9. The second-order valence-corrected chi connectivity index (χ2v) is 8.30. The highest BCUT2D eigenvalue weighted by Crippen LogP contribution is 2.26. The summed E-state index contributed by atoms with van der Waals surface area (Å²) >= 11 is 1.60. The largest absolute Gasteiger partial charge is 0.338 e. The van der Waals surface area contributed by atoms with Gasteiger partial charge in [0.1, 0.15) is 0 Å². The van der Waals surface area contributed by atoms with Gasteiger partial charge >= 0.3 is 0 Å². The van der Waals surface area contributed by atoms with Crippen LogP contribution in [-0.2, 0) is 16.1 Å². The molecule has 2 aromatic carbocycles. The molecular formula is C21H21N3O2S. The predicted octanol–water partition coefficient (Wildman–Crippen LogP) is 3.90. The number of fused-ring (bicyclic) bond motifs is 1. The highest BCUT2D eigenvalue weighted by atomic mass is 32.1. The first-order chi connectivity index (χ1) is 13.0. The molecule has 6 heteroatoms. The molecule has 1 unspecified atom stereocenters. The molecule has 2 heterocycles. The van der Waals surface area contributed by atoms with E-state index in [1.165, 1.54) is 5.56 Å². The maximum atomic E-state index is 12.6. The van der Waals surface area contributed by atoms with E-state index in [0.29, 0.717) is 13.1 Å². The Hall–Kier alpha value is -2.73. The fraction of sp³-hybridized carbons (Fsp3) is 0.286. The molecule has 1 aliphatic heterocycles. The lowest BCUT2D eigenvalue weighted by molar-refractivity contribution is -0.128. The van der Waals surface area contributed by atoms with E-state index in [0.717, 1.165) is 26.5 Å². The number of anilines is 1. The molecule has 4 rings (SSSR count). The lowest BCUT2D eigenvalue weighted by atomic mass is 10.1. The molecule has 1 saturated heterocycles. The third kappa shape index (κ3) is 3.85. The van der Waals surface area contributed by atoms with Crippen molar-refractivity contribution in [3.05, 3.63) is 58.6 Å². The van der Waals surface area contributed by atoms with Crippen molar-refractivity contribution in [2.75, 3.05) is 11.9 Å². The van der Waals surface area contributed by atoms with Gasteiger partial charge in [-0.15, -0.1) is 11.3 Å². The molecule has 1 fully saturated rings. The van der Waals surface area contributed by atoms with Gasteiger partial charge < -0.3 is 10.2 Å². The van der Waals surface area contributed by atoms with Gasteiger partial charge in [0.2, 0.25) is 11.8 Å². The highest BCUT2D eigenvalue weighted by molar-refractivity contribution is 7.18. The zero-order valence-electron chi connectivity index (χ0n) is 15.4. The van der Waals surface area contributed by atoms with Crippen LogP contribution in [0.1, 0.15) is 22.6 Å². The minimum absolute atomic E-state index is 0.0317. The van der Waals surface area contributed by atoms with E-state index in [-0.39, 0.29) is 24.2 Å². The number of nitrogens with zero attached hydrogens (tertiary/aromatic N) is 2. The van der Waals surface area contributed by atoms with Gasteiger partial charge in [0.25, 0.3) is 0 Å². The number of aryl methyl sites for hydroxylation is 2. The molecule has 1 aromatic heterocycles. The number of likely N-dealkylation sites (tertiary alicyclic amines) is 1. The Morgan fingerprint density at radius 2 is 2.00 bits per heavy atom. The van der Waals surface area contributed by atoms with E-state index in [2.05, 4.69) is 10.3 Å². The summed E-state index contributed by atoms with van der Waals surface area (Å²) in [6, 6.07) is 13.9. The maximum Gasteiger partial charge on any atom is 0.229 e. The van der Waals surface area contributed by atoms with Crippen molar-refractivity contribution in [2.45, 2.75) is 26.8 Å². The van der Waals surface area contributed by atoms with E-state index < -0.39 is 0 Å². The smallest absolute Gasteiger partial charge is 0.229 e. The average Bonchev–Trinajstić information content (AvgIpc) is 3.18. The first-order valence-electron chi connectivity index (χ1n) is 8.99. The van der Waals surface area contributed by atoms with Crippen LogP contribution in [0.25, 0.3) is 10.2 Å². The summed E-state index contributed by atoms with van der Waals surface area (Å²) < 4.78 is 1.05. The lowest BCUT2D eigenvalue weighted by Gasteiger charge is -2.17. The van der Waals surface area contributed by atoms with Crippen molar-refractivity contribution < 1.29 is 9.59 Å².